The Morgan fingerprint density at radius 1 is 1.09 bits per heavy atom. The zero-order valence-corrected chi connectivity index (χ0v) is 19.1. The van der Waals surface area contributed by atoms with Crippen molar-refractivity contribution in [3.8, 4) is 0 Å². The highest BCUT2D eigenvalue weighted by Gasteiger charge is 2.25. The number of pyridine rings is 1. The molecule has 3 aromatic rings. The normalized spacial score (nSPS) is 14.4. The third-order valence-corrected chi connectivity index (χ3v) is 6.14. The Morgan fingerprint density at radius 2 is 1.81 bits per heavy atom. The average molecular weight is 451 g/mol. The first-order valence-corrected chi connectivity index (χ1v) is 11.2. The van der Waals surface area contributed by atoms with E-state index in [-0.39, 0.29) is 17.7 Å². The maximum atomic E-state index is 12.6. The molecule has 2 heterocycles. The molecule has 1 aliphatic rings. The van der Waals surface area contributed by atoms with Gasteiger partial charge in [0.1, 0.15) is 5.82 Å². The molecule has 7 heteroatoms. The van der Waals surface area contributed by atoms with Crippen LogP contribution in [0.2, 0.25) is 5.02 Å². The topological polar surface area (TPSA) is 74.3 Å². The third-order valence-electron chi connectivity index (χ3n) is 5.89. The lowest BCUT2D eigenvalue weighted by atomic mass is 9.95. The molecule has 1 saturated heterocycles. The summed E-state index contributed by atoms with van der Waals surface area (Å²) in [6, 6.07) is 15.4. The lowest BCUT2D eigenvalue weighted by Gasteiger charge is -2.32. The molecule has 6 nitrogen and oxygen atoms in total. The highest BCUT2D eigenvalue weighted by atomic mass is 35.5. The molecule has 4 rings (SSSR count). The zero-order valence-electron chi connectivity index (χ0n) is 18.3. The maximum Gasteiger partial charge on any atom is 0.223 e. The van der Waals surface area contributed by atoms with Crippen molar-refractivity contribution < 1.29 is 9.59 Å². The van der Waals surface area contributed by atoms with Gasteiger partial charge in [0.25, 0.3) is 0 Å². The molecule has 1 fully saturated rings. The summed E-state index contributed by atoms with van der Waals surface area (Å²) in [4.78, 5) is 31.0. The number of nitrogens with zero attached hydrogens (tertiary/aromatic N) is 2. The van der Waals surface area contributed by atoms with Crippen molar-refractivity contribution in [1.29, 1.82) is 0 Å². The molecule has 0 bridgehead atoms. The second-order valence-electron chi connectivity index (χ2n) is 8.32. The summed E-state index contributed by atoms with van der Waals surface area (Å²) in [7, 11) is 0. The second kappa shape index (κ2) is 9.57. The van der Waals surface area contributed by atoms with Crippen molar-refractivity contribution in [3.05, 3.63) is 64.7 Å². The van der Waals surface area contributed by atoms with Crippen LogP contribution in [0.4, 0.5) is 11.5 Å². The summed E-state index contributed by atoms with van der Waals surface area (Å²) in [6.07, 6.45) is 1.60. The van der Waals surface area contributed by atoms with Crippen LogP contribution in [0.1, 0.15) is 30.9 Å². The number of hydrogen-bond acceptors (Lipinski definition) is 4. The van der Waals surface area contributed by atoms with Crippen molar-refractivity contribution in [2.24, 2.45) is 5.92 Å². The van der Waals surface area contributed by atoms with Crippen LogP contribution in [0, 0.1) is 12.8 Å². The molecule has 0 saturated carbocycles. The number of halogens is 1. The van der Waals surface area contributed by atoms with Crippen molar-refractivity contribution in [2.75, 3.05) is 23.3 Å². The maximum absolute atomic E-state index is 12.6. The van der Waals surface area contributed by atoms with E-state index in [0.29, 0.717) is 11.6 Å². The fourth-order valence-electron chi connectivity index (χ4n) is 4.13. The standard InChI is InChI=1S/C25H27ClN4O2/c1-16-13-24(29-23-8-7-21(14-22(16)23)28-17(2)31)30-11-9-19(10-12-30)25(32)27-15-18-3-5-20(26)6-4-18/h3-8,13-14,19H,9-12,15H2,1-2H3,(H,27,32)(H,28,31). The van der Waals surface area contributed by atoms with E-state index in [1.807, 2.05) is 42.5 Å². The number of carbonyl (C=O) groups is 2. The Kier molecular flexibility index (Phi) is 6.61. The fraction of sp³-hybridized carbons (Fsp3) is 0.320. The van der Waals surface area contributed by atoms with Gasteiger partial charge in [-0.25, -0.2) is 4.98 Å². The molecule has 2 amide bonds. The summed E-state index contributed by atoms with van der Waals surface area (Å²) >= 11 is 5.91. The zero-order chi connectivity index (χ0) is 22.7. The molecular formula is C25H27ClN4O2. The molecule has 0 unspecified atom stereocenters. The minimum Gasteiger partial charge on any atom is -0.357 e. The summed E-state index contributed by atoms with van der Waals surface area (Å²) in [5.41, 5.74) is 3.82. The molecule has 1 aromatic heterocycles. The summed E-state index contributed by atoms with van der Waals surface area (Å²) < 4.78 is 0. The Bertz CT molecular complexity index is 1140. The van der Waals surface area contributed by atoms with E-state index in [2.05, 4.69) is 28.5 Å². The number of fused-ring (bicyclic) bond motifs is 1. The molecule has 0 aliphatic carbocycles. The average Bonchev–Trinajstić information content (AvgIpc) is 2.78. The van der Waals surface area contributed by atoms with Crippen LogP contribution in [-0.4, -0.2) is 29.9 Å². The molecular weight excluding hydrogens is 424 g/mol. The van der Waals surface area contributed by atoms with E-state index < -0.39 is 0 Å². The van der Waals surface area contributed by atoms with E-state index in [9.17, 15) is 9.59 Å². The molecule has 0 radical (unpaired) electrons. The first kappa shape index (κ1) is 22.1. The lowest BCUT2D eigenvalue weighted by Crippen LogP contribution is -2.40. The van der Waals surface area contributed by atoms with Gasteiger partial charge in [0.15, 0.2) is 0 Å². The second-order valence-corrected chi connectivity index (χ2v) is 8.75. The van der Waals surface area contributed by atoms with Gasteiger partial charge in [0.05, 0.1) is 5.52 Å². The fourth-order valence-corrected chi connectivity index (χ4v) is 4.25. The minimum absolute atomic E-state index is 0.0142. The van der Waals surface area contributed by atoms with Crippen molar-refractivity contribution in [3.63, 3.8) is 0 Å². The number of hydrogen-bond donors (Lipinski definition) is 2. The number of amides is 2. The van der Waals surface area contributed by atoms with Gasteiger partial charge in [-0.1, -0.05) is 23.7 Å². The Hall–Kier alpha value is -3.12. The SMILES string of the molecule is CC(=O)Nc1ccc2nc(N3CCC(C(=O)NCc4ccc(Cl)cc4)CC3)cc(C)c2c1. The highest BCUT2D eigenvalue weighted by Crippen LogP contribution is 2.28. The predicted molar refractivity (Wildman–Crippen MR) is 129 cm³/mol. The molecule has 0 spiro atoms. The number of nitrogens with one attached hydrogen (secondary N) is 2. The lowest BCUT2D eigenvalue weighted by molar-refractivity contribution is -0.125. The van der Waals surface area contributed by atoms with Gasteiger partial charge >= 0.3 is 0 Å². The molecule has 166 valence electrons. The van der Waals surface area contributed by atoms with Crippen LogP contribution >= 0.6 is 11.6 Å². The minimum atomic E-state index is -0.0911. The third kappa shape index (κ3) is 5.19. The van der Waals surface area contributed by atoms with Gasteiger partial charge in [-0.15, -0.1) is 0 Å². The summed E-state index contributed by atoms with van der Waals surface area (Å²) in [6.45, 7) is 5.66. The highest BCUT2D eigenvalue weighted by molar-refractivity contribution is 6.30. The number of carbonyl (C=O) groups excluding carboxylic acids is 2. The largest absolute Gasteiger partial charge is 0.357 e. The van der Waals surface area contributed by atoms with Crippen molar-refractivity contribution in [1.82, 2.24) is 10.3 Å². The van der Waals surface area contributed by atoms with E-state index >= 15 is 0 Å². The van der Waals surface area contributed by atoms with Gasteiger partial charge in [-0.2, -0.15) is 0 Å². The molecule has 0 atom stereocenters. The first-order chi connectivity index (χ1) is 15.4. The predicted octanol–water partition coefficient (Wildman–Crippen LogP) is 4.69. The number of rotatable bonds is 5. The van der Waals surface area contributed by atoms with Gasteiger partial charge in [0.2, 0.25) is 11.8 Å². The molecule has 32 heavy (non-hydrogen) atoms. The van der Waals surface area contributed by atoms with Gasteiger partial charge < -0.3 is 15.5 Å². The van der Waals surface area contributed by atoms with Crippen LogP contribution in [0.5, 0.6) is 0 Å². The monoisotopic (exact) mass is 450 g/mol. The van der Waals surface area contributed by atoms with Gasteiger partial charge in [-0.3, -0.25) is 9.59 Å². The Labute approximate surface area is 193 Å². The van der Waals surface area contributed by atoms with Crippen LogP contribution in [-0.2, 0) is 16.1 Å². The molecule has 1 aliphatic heterocycles. The van der Waals surface area contributed by atoms with Crippen molar-refractivity contribution in [2.45, 2.75) is 33.2 Å². The molecule has 2 aromatic carbocycles. The molecule has 2 N–H and O–H groups in total. The van der Waals surface area contributed by atoms with Crippen LogP contribution in [0.15, 0.2) is 48.5 Å². The summed E-state index contributed by atoms with van der Waals surface area (Å²) in [5, 5.41) is 7.59. The summed E-state index contributed by atoms with van der Waals surface area (Å²) in [5.74, 6) is 0.960. The number of aryl methyl sites for hydroxylation is 1. The first-order valence-electron chi connectivity index (χ1n) is 10.8. The van der Waals surface area contributed by atoms with E-state index in [4.69, 9.17) is 16.6 Å². The van der Waals surface area contributed by atoms with E-state index in [1.165, 1.54) is 6.92 Å². The quantitative estimate of drug-likeness (QED) is 0.591. The Morgan fingerprint density at radius 3 is 2.50 bits per heavy atom. The van der Waals surface area contributed by atoms with Gasteiger partial charge in [0, 0.05) is 48.6 Å². The number of aromatic nitrogens is 1. The number of benzene rings is 2. The van der Waals surface area contributed by atoms with Crippen molar-refractivity contribution >= 4 is 45.8 Å². The smallest absolute Gasteiger partial charge is 0.223 e. The Balaban J connectivity index is 1.37. The van der Waals surface area contributed by atoms with Crippen LogP contribution < -0.4 is 15.5 Å². The van der Waals surface area contributed by atoms with E-state index in [0.717, 1.165) is 59.5 Å². The van der Waals surface area contributed by atoms with Gasteiger partial charge in [-0.05, 0) is 67.3 Å². The number of piperidine rings is 1. The van der Waals surface area contributed by atoms with Crippen LogP contribution in [0.3, 0.4) is 0 Å². The van der Waals surface area contributed by atoms with Crippen LogP contribution in [0.25, 0.3) is 10.9 Å². The van der Waals surface area contributed by atoms with E-state index in [1.54, 1.807) is 0 Å². The number of anilines is 2.